The van der Waals surface area contributed by atoms with Crippen molar-refractivity contribution in [1.82, 2.24) is 5.32 Å². The van der Waals surface area contributed by atoms with Gasteiger partial charge in [-0.25, -0.2) is 4.79 Å². The van der Waals surface area contributed by atoms with E-state index >= 15 is 0 Å². The van der Waals surface area contributed by atoms with Gasteiger partial charge >= 0.3 is 6.03 Å². The smallest absolute Gasteiger partial charge is 0.325 e. The second-order valence-electron chi connectivity index (χ2n) is 3.53. The summed E-state index contributed by atoms with van der Waals surface area (Å²) in [7, 11) is 0. The zero-order valence-electron chi connectivity index (χ0n) is 9.69. The van der Waals surface area contributed by atoms with Crippen molar-refractivity contribution in [1.29, 1.82) is 0 Å². The molecule has 0 heterocycles. The number of carbonyl (C=O) groups is 2. The summed E-state index contributed by atoms with van der Waals surface area (Å²) in [5.41, 5.74) is 1.59. The Kier molecular flexibility index (Phi) is 5.16. The summed E-state index contributed by atoms with van der Waals surface area (Å²) in [6.45, 7) is 1.77. The van der Waals surface area contributed by atoms with E-state index in [-0.39, 0.29) is 18.9 Å². The van der Waals surface area contributed by atoms with Gasteiger partial charge in [-0.3, -0.25) is 10.1 Å². The molecular formula is C12H16N2O3. The van der Waals surface area contributed by atoms with Crippen LogP contribution in [0, 0.1) is 0 Å². The second kappa shape index (κ2) is 6.65. The summed E-state index contributed by atoms with van der Waals surface area (Å²) in [5.74, 6) is -0.320. The molecule has 5 nitrogen and oxygen atoms in total. The molecule has 0 aliphatic rings. The maximum Gasteiger partial charge on any atom is 0.325 e. The van der Waals surface area contributed by atoms with Crippen LogP contribution in [-0.4, -0.2) is 23.7 Å². The van der Waals surface area contributed by atoms with Crippen molar-refractivity contribution in [2.75, 3.05) is 11.9 Å². The van der Waals surface area contributed by atoms with Crippen molar-refractivity contribution in [3.63, 3.8) is 0 Å². The fraction of sp³-hybridized carbons (Fsp3) is 0.333. The molecule has 5 heteroatoms. The van der Waals surface area contributed by atoms with Crippen molar-refractivity contribution in [2.45, 2.75) is 19.8 Å². The van der Waals surface area contributed by atoms with Crippen LogP contribution in [0.15, 0.2) is 24.3 Å². The number of imide groups is 1. The number of anilines is 1. The number of aliphatic hydroxyl groups is 1. The fourth-order valence-corrected chi connectivity index (χ4v) is 1.26. The Bertz CT molecular complexity index is 387. The SMILES string of the molecule is CCC(=O)NC(=O)Nc1ccc(CCO)cc1. The molecule has 0 unspecified atom stereocenters. The first-order valence-corrected chi connectivity index (χ1v) is 5.46. The van der Waals surface area contributed by atoms with Crippen molar-refractivity contribution >= 4 is 17.6 Å². The molecule has 0 saturated carbocycles. The lowest BCUT2D eigenvalue weighted by Crippen LogP contribution is -2.33. The molecule has 0 aliphatic carbocycles. The van der Waals surface area contributed by atoms with Crippen LogP contribution in [0.4, 0.5) is 10.5 Å². The molecule has 0 aliphatic heterocycles. The molecule has 0 spiro atoms. The van der Waals surface area contributed by atoms with E-state index < -0.39 is 6.03 Å². The van der Waals surface area contributed by atoms with Gasteiger partial charge in [0.05, 0.1) is 0 Å². The summed E-state index contributed by atoms with van der Waals surface area (Å²) in [5, 5.41) is 13.5. The third-order valence-electron chi connectivity index (χ3n) is 2.19. The summed E-state index contributed by atoms with van der Waals surface area (Å²) < 4.78 is 0. The van der Waals surface area contributed by atoms with Gasteiger partial charge in [0.1, 0.15) is 0 Å². The van der Waals surface area contributed by atoms with Crippen LogP contribution >= 0.6 is 0 Å². The third kappa shape index (κ3) is 4.65. The van der Waals surface area contributed by atoms with Gasteiger partial charge in [0.15, 0.2) is 0 Å². The van der Waals surface area contributed by atoms with Gasteiger partial charge in [-0.2, -0.15) is 0 Å². The summed E-state index contributed by atoms with van der Waals surface area (Å²) in [6, 6.07) is 6.54. The number of urea groups is 1. The van der Waals surface area contributed by atoms with Crippen LogP contribution in [0.25, 0.3) is 0 Å². The molecule has 1 aromatic carbocycles. The van der Waals surface area contributed by atoms with Crippen molar-refractivity contribution < 1.29 is 14.7 Å². The molecule has 0 fully saturated rings. The molecule has 0 radical (unpaired) electrons. The highest BCUT2D eigenvalue weighted by Crippen LogP contribution is 2.09. The summed E-state index contributed by atoms with van der Waals surface area (Å²) >= 11 is 0. The van der Waals surface area contributed by atoms with Gasteiger partial charge in [-0.05, 0) is 24.1 Å². The molecule has 1 aromatic rings. The monoisotopic (exact) mass is 236 g/mol. The summed E-state index contributed by atoms with van der Waals surface area (Å²) in [6.07, 6.45) is 0.851. The molecule has 1 rings (SSSR count). The van der Waals surface area contributed by atoms with Gasteiger partial charge < -0.3 is 10.4 Å². The van der Waals surface area contributed by atoms with Crippen LogP contribution in [0.1, 0.15) is 18.9 Å². The Morgan fingerprint density at radius 3 is 2.41 bits per heavy atom. The molecule has 0 saturated heterocycles. The molecule has 3 amide bonds. The third-order valence-corrected chi connectivity index (χ3v) is 2.19. The predicted molar refractivity (Wildman–Crippen MR) is 64.7 cm³/mol. The molecule has 0 bridgehead atoms. The topological polar surface area (TPSA) is 78.4 Å². The Morgan fingerprint density at radius 1 is 1.24 bits per heavy atom. The van der Waals surface area contributed by atoms with Crippen LogP contribution < -0.4 is 10.6 Å². The van der Waals surface area contributed by atoms with Crippen LogP contribution in [-0.2, 0) is 11.2 Å². The first-order valence-electron chi connectivity index (χ1n) is 5.46. The average molecular weight is 236 g/mol. The van der Waals surface area contributed by atoms with Gasteiger partial charge in [0, 0.05) is 18.7 Å². The first-order chi connectivity index (χ1) is 8.15. The standard InChI is InChI=1S/C12H16N2O3/c1-2-11(16)14-12(17)13-10-5-3-9(4-6-10)7-8-15/h3-6,15H,2,7-8H2,1H3,(H2,13,14,16,17). The highest BCUT2D eigenvalue weighted by molar-refractivity contribution is 6.00. The van der Waals surface area contributed by atoms with E-state index in [1.54, 1.807) is 19.1 Å². The molecule has 17 heavy (non-hydrogen) atoms. The van der Waals surface area contributed by atoms with Crippen LogP contribution in [0.3, 0.4) is 0 Å². The lowest BCUT2D eigenvalue weighted by atomic mass is 10.1. The fourth-order valence-electron chi connectivity index (χ4n) is 1.26. The predicted octanol–water partition coefficient (Wildman–Crippen LogP) is 1.28. The number of amides is 3. The lowest BCUT2D eigenvalue weighted by Gasteiger charge is -2.06. The minimum absolute atomic E-state index is 0.0955. The van der Waals surface area contributed by atoms with E-state index in [4.69, 9.17) is 5.11 Å². The molecule has 92 valence electrons. The highest BCUT2D eigenvalue weighted by atomic mass is 16.3. The van der Waals surface area contributed by atoms with E-state index in [2.05, 4.69) is 10.6 Å². The van der Waals surface area contributed by atoms with E-state index in [1.165, 1.54) is 0 Å². The Balaban J connectivity index is 2.51. The zero-order chi connectivity index (χ0) is 12.7. The molecule has 0 atom stereocenters. The minimum atomic E-state index is -0.535. The maximum atomic E-state index is 11.3. The normalized spacial score (nSPS) is 9.76. The average Bonchev–Trinajstić information content (AvgIpc) is 2.31. The number of aliphatic hydroxyl groups excluding tert-OH is 1. The van der Waals surface area contributed by atoms with Gasteiger partial charge in [0.25, 0.3) is 0 Å². The van der Waals surface area contributed by atoms with E-state index in [0.29, 0.717) is 12.1 Å². The van der Waals surface area contributed by atoms with Crippen molar-refractivity contribution in [3.05, 3.63) is 29.8 Å². The largest absolute Gasteiger partial charge is 0.396 e. The quantitative estimate of drug-likeness (QED) is 0.736. The highest BCUT2D eigenvalue weighted by Gasteiger charge is 2.05. The molecular weight excluding hydrogens is 220 g/mol. The van der Waals surface area contributed by atoms with Crippen molar-refractivity contribution in [3.8, 4) is 0 Å². The maximum absolute atomic E-state index is 11.3. The Hall–Kier alpha value is -1.88. The number of hydrogen-bond donors (Lipinski definition) is 3. The van der Waals surface area contributed by atoms with Gasteiger partial charge in [-0.1, -0.05) is 19.1 Å². The van der Waals surface area contributed by atoms with E-state index in [0.717, 1.165) is 5.56 Å². The Labute approximate surface area is 99.8 Å². The number of carbonyl (C=O) groups excluding carboxylic acids is 2. The molecule has 3 N–H and O–H groups in total. The Morgan fingerprint density at radius 2 is 1.88 bits per heavy atom. The zero-order valence-corrected chi connectivity index (χ0v) is 9.69. The van der Waals surface area contributed by atoms with Crippen LogP contribution in [0.2, 0.25) is 0 Å². The first kappa shape index (κ1) is 13.2. The minimum Gasteiger partial charge on any atom is -0.396 e. The lowest BCUT2D eigenvalue weighted by molar-refractivity contribution is -0.119. The summed E-state index contributed by atoms with van der Waals surface area (Å²) in [4.78, 5) is 22.3. The number of benzene rings is 1. The molecule has 0 aromatic heterocycles. The number of nitrogens with one attached hydrogen (secondary N) is 2. The van der Waals surface area contributed by atoms with Crippen LogP contribution in [0.5, 0.6) is 0 Å². The second-order valence-corrected chi connectivity index (χ2v) is 3.53. The number of hydrogen-bond acceptors (Lipinski definition) is 3. The van der Waals surface area contributed by atoms with Crippen molar-refractivity contribution in [2.24, 2.45) is 0 Å². The van der Waals surface area contributed by atoms with Gasteiger partial charge in [-0.15, -0.1) is 0 Å². The van der Waals surface area contributed by atoms with E-state index in [9.17, 15) is 9.59 Å². The van der Waals surface area contributed by atoms with Gasteiger partial charge in [0.2, 0.25) is 5.91 Å². The number of rotatable bonds is 4. The van der Waals surface area contributed by atoms with E-state index in [1.807, 2.05) is 12.1 Å².